The van der Waals surface area contributed by atoms with E-state index in [1.807, 2.05) is 0 Å². The monoisotopic (exact) mass is 717 g/mol. The number of nitrogens with one attached hydrogen (secondary N) is 2. The van der Waals surface area contributed by atoms with Gasteiger partial charge in [-0.25, -0.2) is 0 Å². The second-order valence-electron chi connectivity index (χ2n) is 14.4. The van der Waals surface area contributed by atoms with Gasteiger partial charge in [0.05, 0.1) is 11.8 Å². The first-order valence-electron chi connectivity index (χ1n) is 19.3. The van der Waals surface area contributed by atoms with Crippen molar-refractivity contribution in [2.45, 2.75) is 12.2 Å². The van der Waals surface area contributed by atoms with Crippen molar-refractivity contribution in [3.05, 3.63) is 246 Å². The number of hydrogen-bond acceptors (Lipinski definition) is 3. The van der Waals surface area contributed by atoms with Gasteiger partial charge in [-0.3, -0.25) is 4.99 Å². The molecular weight excluding hydrogens is 679 g/mol. The molecule has 2 aliphatic heterocycles. The highest BCUT2D eigenvalue weighted by Crippen LogP contribution is 2.44. The molecule has 0 radical (unpaired) electrons. The van der Waals surface area contributed by atoms with E-state index in [4.69, 9.17) is 4.99 Å². The summed E-state index contributed by atoms with van der Waals surface area (Å²) in [6.07, 6.45) is 4.29. The van der Waals surface area contributed by atoms with Crippen molar-refractivity contribution in [1.29, 1.82) is 0 Å². The quantitative estimate of drug-likeness (QED) is 0.172. The SMILES string of the molecule is C1=C(c2ccccc2)NC(c2cccc(-c3cccc4c5c(ccc34)NC(c3ccccc3)C=C5c3ccccc3)c2)N=C1c1cccc(-c2ccccc2)c1. The molecule has 0 spiro atoms. The third-order valence-electron chi connectivity index (χ3n) is 10.9. The average molecular weight is 718 g/mol. The van der Waals surface area contributed by atoms with Crippen LogP contribution in [-0.2, 0) is 0 Å². The second kappa shape index (κ2) is 14.5. The van der Waals surface area contributed by atoms with Crippen molar-refractivity contribution in [2.75, 3.05) is 5.32 Å². The van der Waals surface area contributed by atoms with Gasteiger partial charge in [0.2, 0.25) is 0 Å². The minimum absolute atomic E-state index is 0.0697. The first kappa shape index (κ1) is 33.3. The van der Waals surface area contributed by atoms with E-state index in [0.717, 1.165) is 39.3 Å². The molecule has 0 fully saturated rings. The summed E-state index contributed by atoms with van der Waals surface area (Å²) >= 11 is 0. The van der Waals surface area contributed by atoms with Crippen molar-refractivity contribution in [3.63, 3.8) is 0 Å². The van der Waals surface area contributed by atoms with Gasteiger partial charge in [0.25, 0.3) is 0 Å². The topological polar surface area (TPSA) is 36.4 Å². The molecule has 3 nitrogen and oxygen atoms in total. The van der Waals surface area contributed by atoms with Gasteiger partial charge in [-0.05, 0) is 91.2 Å². The van der Waals surface area contributed by atoms with Crippen LogP contribution in [0.5, 0.6) is 0 Å². The second-order valence-corrected chi connectivity index (χ2v) is 14.4. The molecule has 0 aromatic heterocycles. The van der Waals surface area contributed by atoms with E-state index in [-0.39, 0.29) is 12.2 Å². The molecule has 2 unspecified atom stereocenters. The lowest BCUT2D eigenvalue weighted by atomic mass is 9.85. The van der Waals surface area contributed by atoms with Crippen LogP contribution in [0.1, 0.15) is 45.6 Å². The minimum atomic E-state index is -0.278. The largest absolute Gasteiger partial charge is 0.374 e. The highest BCUT2D eigenvalue weighted by molar-refractivity contribution is 6.13. The molecule has 2 N–H and O–H groups in total. The molecule has 0 amide bonds. The fourth-order valence-corrected chi connectivity index (χ4v) is 8.18. The molecular formula is C53H39N3. The zero-order valence-corrected chi connectivity index (χ0v) is 30.8. The first-order chi connectivity index (χ1) is 27.7. The summed E-state index contributed by atoms with van der Waals surface area (Å²) in [7, 11) is 0. The summed E-state index contributed by atoms with van der Waals surface area (Å²) in [5.41, 5.74) is 16.1. The zero-order valence-electron chi connectivity index (χ0n) is 30.8. The van der Waals surface area contributed by atoms with Gasteiger partial charge in [-0.1, -0.05) is 182 Å². The normalized spacial score (nSPS) is 16.1. The van der Waals surface area contributed by atoms with Crippen LogP contribution in [0, 0.1) is 0 Å². The molecule has 0 saturated carbocycles. The summed E-state index contributed by atoms with van der Waals surface area (Å²) in [6.45, 7) is 0. The maximum absolute atomic E-state index is 5.38. The van der Waals surface area contributed by atoms with Crippen molar-refractivity contribution >= 4 is 33.4 Å². The van der Waals surface area contributed by atoms with E-state index in [1.54, 1.807) is 0 Å². The standard InChI is InChI=1S/C53H39N3/c1-5-16-36(17-6-1)40-24-13-26-42(32-40)51-35-50(39-22-11-4-12-23-39)55-53(56-51)43-27-14-25-41(33-43)44-28-15-29-46-45(44)30-31-48-52(46)47(37-18-7-2-8-19-37)34-49(54-48)38-20-9-3-10-21-38/h1-35,49,53-55H. The van der Waals surface area contributed by atoms with E-state index in [2.05, 4.69) is 223 Å². The maximum atomic E-state index is 5.38. The Morgan fingerprint density at radius 1 is 0.411 bits per heavy atom. The van der Waals surface area contributed by atoms with Gasteiger partial charge in [0.15, 0.2) is 0 Å². The predicted molar refractivity (Wildman–Crippen MR) is 234 cm³/mol. The van der Waals surface area contributed by atoms with Crippen LogP contribution in [0.15, 0.2) is 217 Å². The summed E-state index contributed by atoms with van der Waals surface area (Å²) in [5.74, 6) is 0. The number of allylic oxidation sites excluding steroid dienone is 1. The van der Waals surface area contributed by atoms with Gasteiger partial charge in [0.1, 0.15) is 6.17 Å². The predicted octanol–water partition coefficient (Wildman–Crippen LogP) is 12.9. The number of rotatable bonds is 7. The van der Waals surface area contributed by atoms with Crippen LogP contribution in [0.3, 0.4) is 0 Å². The van der Waals surface area contributed by atoms with Gasteiger partial charge < -0.3 is 10.6 Å². The maximum Gasteiger partial charge on any atom is 0.145 e. The Balaban J connectivity index is 1.06. The molecule has 0 saturated heterocycles. The number of benzene rings is 8. The lowest BCUT2D eigenvalue weighted by Gasteiger charge is -2.29. The van der Waals surface area contributed by atoms with Gasteiger partial charge in [-0.2, -0.15) is 0 Å². The smallest absolute Gasteiger partial charge is 0.145 e. The molecule has 0 aliphatic carbocycles. The van der Waals surface area contributed by atoms with Crippen molar-refractivity contribution in [3.8, 4) is 22.3 Å². The van der Waals surface area contributed by atoms with Gasteiger partial charge in [-0.15, -0.1) is 0 Å². The average Bonchev–Trinajstić information content (AvgIpc) is 3.29. The molecule has 10 rings (SSSR count). The molecule has 8 aromatic carbocycles. The Labute approximate surface area is 328 Å². The minimum Gasteiger partial charge on any atom is -0.374 e. The van der Waals surface area contributed by atoms with E-state index in [0.29, 0.717) is 0 Å². The molecule has 2 aliphatic rings. The molecule has 2 heterocycles. The fourth-order valence-electron chi connectivity index (χ4n) is 8.18. The van der Waals surface area contributed by atoms with Crippen LogP contribution >= 0.6 is 0 Å². The number of nitrogens with zero attached hydrogens (tertiary/aromatic N) is 1. The Morgan fingerprint density at radius 3 is 1.79 bits per heavy atom. The van der Waals surface area contributed by atoms with E-state index in [9.17, 15) is 0 Å². The van der Waals surface area contributed by atoms with E-state index in [1.165, 1.54) is 49.7 Å². The van der Waals surface area contributed by atoms with Crippen LogP contribution in [0.25, 0.3) is 44.3 Å². The van der Waals surface area contributed by atoms with E-state index >= 15 is 0 Å². The summed E-state index contributed by atoms with van der Waals surface area (Å²) < 4.78 is 0. The molecule has 266 valence electrons. The number of anilines is 1. The van der Waals surface area contributed by atoms with Crippen LogP contribution < -0.4 is 10.6 Å². The lowest BCUT2D eigenvalue weighted by molar-refractivity contribution is 0.664. The Morgan fingerprint density at radius 2 is 1.02 bits per heavy atom. The molecule has 0 bridgehead atoms. The lowest BCUT2D eigenvalue weighted by Crippen LogP contribution is -2.24. The first-order valence-corrected chi connectivity index (χ1v) is 19.3. The van der Waals surface area contributed by atoms with Crippen molar-refractivity contribution in [1.82, 2.24) is 5.32 Å². The summed E-state index contributed by atoms with van der Waals surface area (Å²) in [6, 6.07) is 71.5. The zero-order chi connectivity index (χ0) is 37.3. The molecule has 8 aromatic rings. The van der Waals surface area contributed by atoms with Crippen LogP contribution in [0.2, 0.25) is 0 Å². The summed E-state index contributed by atoms with van der Waals surface area (Å²) in [5, 5.41) is 10.1. The fraction of sp³-hybridized carbons (Fsp3) is 0.0377. The van der Waals surface area contributed by atoms with Gasteiger partial charge >= 0.3 is 0 Å². The van der Waals surface area contributed by atoms with Crippen molar-refractivity contribution < 1.29 is 0 Å². The number of hydrogen-bond donors (Lipinski definition) is 2. The van der Waals surface area contributed by atoms with Gasteiger partial charge in [0, 0.05) is 22.5 Å². The van der Waals surface area contributed by atoms with Crippen LogP contribution in [0.4, 0.5) is 5.69 Å². The Kier molecular flexibility index (Phi) is 8.66. The number of fused-ring (bicyclic) bond motifs is 3. The van der Waals surface area contributed by atoms with E-state index < -0.39 is 0 Å². The van der Waals surface area contributed by atoms with Crippen LogP contribution in [-0.4, -0.2) is 5.71 Å². The molecule has 2 atom stereocenters. The third-order valence-corrected chi connectivity index (χ3v) is 10.9. The Bertz CT molecular complexity index is 2790. The highest BCUT2D eigenvalue weighted by Gasteiger charge is 2.25. The van der Waals surface area contributed by atoms with Crippen molar-refractivity contribution in [2.24, 2.45) is 4.99 Å². The highest BCUT2D eigenvalue weighted by atomic mass is 15.1. The third kappa shape index (κ3) is 6.40. The number of aliphatic imine (C=N–C) groups is 1. The summed E-state index contributed by atoms with van der Waals surface area (Å²) in [4.78, 5) is 5.38. The molecule has 56 heavy (non-hydrogen) atoms. The Hall–Kier alpha value is -7.23. The molecule has 3 heteroatoms.